The highest BCUT2D eigenvalue weighted by Crippen LogP contribution is 2.54. The molecule has 3 amide bonds. The van der Waals surface area contributed by atoms with Crippen molar-refractivity contribution in [2.45, 2.75) is 71.5 Å². The van der Waals surface area contributed by atoms with Crippen molar-refractivity contribution in [2.75, 3.05) is 5.32 Å². The number of amides is 3. The fourth-order valence-electron chi connectivity index (χ4n) is 5.53. The molecule has 2 N–H and O–H groups in total. The summed E-state index contributed by atoms with van der Waals surface area (Å²) in [6, 6.07) is 5.51. The molecule has 6 nitrogen and oxygen atoms in total. The Morgan fingerprint density at radius 2 is 1.83 bits per heavy atom. The molecule has 3 aliphatic rings. The van der Waals surface area contributed by atoms with Crippen molar-refractivity contribution in [3.05, 3.63) is 29.3 Å². The Morgan fingerprint density at radius 3 is 2.45 bits per heavy atom. The van der Waals surface area contributed by atoms with Gasteiger partial charge in [-0.2, -0.15) is 0 Å². The molecule has 0 radical (unpaired) electrons. The van der Waals surface area contributed by atoms with E-state index in [1.807, 2.05) is 39.0 Å². The summed E-state index contributed by atoms with van der Waals surface area (Å²) in [6.07, 6.45) is 2.23. The van der Waals surface area contributed by atoms with Gasteiger partial charge in [-0.25, -0.2) is 0 Å². The summed E-state index contributed by atoms with van der Waals surface area (Å²) in [4.78, 5) is 41.9. The van der Waals surface area contributed by atoms with Crippen LogP contribution in [0.1, 0.15) is 58.6 Å². The summed E-state index contributed by atoms with van der Waals surface area (Å²) in [5.74, 6) is -1.39. The Hall–Kier alpha value is -2.21. The van der Waals surface area contributed by atoms with Gasteiger partial charge in [0.15, 0.2) is 0 Å². The Balaban J connectivity index is 1.89. The predicted octanol–water partition coefficient (Wildman–Crippen LogP) is 2.81. The van der Waals surface area contributed by atoms with Crippen molar-refractivity contribution >= 4 is 23.4 Å². The number of hydrogen-bond donors (Lipinski definition) is 2. The van der Waals surface area contributed by atoms with E-state index in [0.717, 1.165) is 29.7 Å². The van der Waals surface area contributed by atoms with Crippen molar-refractivity contribution in [3.63, 3.8) is 0 Å². The van der Waals surface area contributed by atoms with Crippen LogP contribution in [-0.2, 0) is 26.3 Å². The van der Waals surface area contributed by atoms with Crippen molar-refractivity contribution in [2.24, 2.45) is 17.8 Å². The van der Waals surface area contributed by atoms with Gasteiger partial charge in [0.1, 0.15) is 5.54 Å². The minimum absolute atomic E-state index is 0.128. The molecule has 0 aromatic heterocycles. The second-order valence-corrected chi connectivity index (χ2v) is 9.14. The van der Waals surface area contributed by atoms with E-state index in [2.05, 4.69) is 24.5 Å². The first-order chi connectivity index (χ1) is 13.8. The molecule has 156 valence electrons. The Bertz CT molecular complexity index is 880. The zero-order valence-electron chi connectivity index (χ0n) is 17.9. The third kappa shape index (κ3) is 2.61. The zero-order valence-corrected chi connectivity index (χ0v) is 17.9. The van der Waals surface area contributed by atoms with Crippen LogP contribution in [-0.4, -0.2) is 34.7 Å². The van der Waals surface area contributed by atoms with Gasteiger partial charge in [-0.1, -0.05) is 45.9 Å². The lowest BCUT2D eigenvalue weighted by Gasteiger charge is -2.31. The van der Waals surface area contributed by atoms with E-state index in [0.29, 0.717) is 12.3 Å². The molecule has 5 atom stereocenters. The van der Waals surface area contributed by atoms with Gasteiger partial charge >= 0.3 is 0 Å². The summed E-state index contributed by atoms with van der Waals surface area (Å²) in [5.41, 5.74) is 1.50. The molecule has 0 saturated carbocycles. The monoisotopic (exact) mass is 397 g/mol. The number of nitrogens with one attached hydrogen (secondary N) is 2. The zero-order chi connectivity index (χ0) is 21.1. The van der Waals surface area contributed by atoms with Crippen LogP contribution in [0.5, 0.6) is 0 Å². The lowest BCUT2D eigenvalue weighted by Crippen LogP contribution is -2.54. The van der Waals surface area contributed by atoms with E-state index in [1.54, 1.807) is 0 Å². The fraction of sp³-hybridized carbons (Fsp3) is 0.609. The third-order valence-corrected chi connectivity index (χ3v) is 7.01. The number of anilines is 1. The van der Waals surface area contributed by atoms with Gasteiger partial charge in [0.2, 0.25) is 17.7 Å². The van der Waals surface area contributed by atoms with Crippen LogP contribution in [0.15, 0.2) is 18.2 Å². The number of hydrogen-bond acceptors (Lipinski definition) is 4. The SMILES string of the molecule is CCc1cccc2c1NC(=O)C21NC(CC(C)C)C2C(=O)N(C(C)CC)C(=O)C21. The maximum Gasteiger partial charge on any atom is 0.250 e. The third-order valence-electron chi connectivity index (χ3n) is 7.01. The second kappa shape index (κ2) is 6.94. The van der Waals surface area contributed by atoms with E-state index < -0.39 is 17.4 Å². The predicted molar refractivity (Wildman–Crippen MR) is 111 cm³/mol. The molecule has 1 spiro atoms. The summed E-state index contributed by atoms with van der Waals surface area (Å²) in [7, 11) is 0. The average Bonchev–Trinajstić information content (AvgIpc) is 3.25. The second-order valence-electron chi connectivity index (χ2n) is 9.14. The highest BCUT2D eigenvalue weighted by molar-refractivity contribution is 6.15. The largest absolute Gasteiger partial charge is 0.324 e. The average molecular weight is 398 g/mol. The molecule has 5 unspecified atom stereocenters. The van der Waals surface area contributed by atoms with E-state index in [4.69, 9.17) is 0 Å². The number of fused-ring (bicyclic) bond motifs is 4. The van der Waals surface area contributed by atoms with Crippen molar-refractivity contribution in [1.29, 1.82) is 0 Å². The quantitative estimate of drug-likeness (QED) is 0.749. The number of rotatable bonds is 5. The van der Waals surface area contributed by atoms with Gasteiger partial charge in [0.05, 0.1) is 11.8 Å². The van der Waals surface area contributed by atoms with Crippen LogP contribution in [0.4, 0.5) is 5.69 Å². The standard InChI is InChI=1S/C23H31N3O3/c1-6-13(5)26-20(27)17-16(11-12(3)4)25-23(18(17)21(26)28)15-10-8-9-14(7-2)19(15)24-22(23)29/h8-10,12-13,16-18,25H,6-7,11H2,1-5H3,(H,24,29). The highest BCUT2D eigenvalue weighted by Gasteiger charge is 2.70. The molecular formula is C23H31N3O3. The van der Waals surface area contributed by atoms with Crippen LogP contribution >= 0.6 is 0 Å². The van der Waals surface area contributed by atoms with Gasteiger partial charge in [0.25, 0.3) is 0 Å². The summed E-state index contributed by atoms with van der Waals surface area (Å²) >= 11 is 0. The summed E-state index contributed by atoms with van der Waals surface area (Å²) in [5, 5.41) is 6.56. The molecule has 2 saturated heterocycles. The molecule has 6 heteroatoms. The fourth-order valence-corrected chi connectivity index (χ4v) is 5.53. The smallest absolute Gasteiger partial charge is 0.250 e. The molecule has 0 bridgehead atoms. The molecule has 3 heterocycles. The maximum atomic E-state index is 13.6. The van der Waals surface area contributed by atoms with Crippen LogP contribution in [0.25, 0.3) is 0 Å². The van der Waals surface area contributed by atoms with Crippen molar-refractivity contribution < 1.29 is 14.4 Å². The van der Waals surface area contributed by atoms with Crippen LogP contribution in [0.2, 0.25) is 0 Å². The molecular weight excluding hydrogens is 366 g/mol. The summed E-state index contributed by atoms with van der Waals surface area (Å²) < 4.78 is 0. The number of carbonyl (C=O) groups is 3. The van der Waals surface area contributed by atoms with E-state index in [9.17, 15) is 14.4 Å². The lowest BCUT2D eigenvalue weighted by atomic mass is 9.76. The molecule has 0 aliphatic carbocycles. The van der Waals surface area contributed by atoms with Crippen LogP contribution in [0.3, 0.4) is 0 Å². The first-order valence-corrected chi connectivity index (χ1v) is 10.9. The molecule has 3 aliphatic heterocycles. The number of aryl methyl sites for hydroxylation is 1. The van der Waals surface area contributed by atoms with Gasteiger partial charge in [0, 0.05) is 23.3 Å². The van der Waals surface area contributed by atoms with Gasteiger partial charge < -0.3 is 5.32 Å². The number of likely N-dealkylation sites (tertiary alicyclic amines) is 1. The van der Waals surface area contributed by atoms with Gasteiger partial charge in [-0.05, 0) is 37.7 Å². The topological polar surface area (TPSA) is 78.5 Å². The molecule has 1 aromatic rings. The Morgan fingerprint density at radius 1 is 1.10 bits per heavy atom. The van der Waals surface area contributed by atoms with E-state index in [1.165, 1.54) is 4.90 Å². The number of imide groups is 1. The highest BCUT2D eigenvalue weighted by atomic mass is 16.2. The summed E-state index contributed by atoms with van der Waals surface area (Å²) in [6.45, 7) is 10.1. The Labute approximate surface area is 172 Å². The lowest BCUT2D eigenvalue weighted by molar-refractivity contribution is -0.145. The normalized spacial score (nSPS) is 31.6. The molecule has 4 rings (SSSR count). The molecule has 1 aromatic carbocycles. The number of para-hydroxylation sites is 1. The number of nitrogens with zero attached hydrogens (tertiary/aromatic N) is 1. The Kier molecular flexibility index (Phi) is 4.80. The maximum absolute atomic E-state index is 13.6. The van der Waals surface area contributed by atoms with E-state index >= 15 is 0 Å². The number of benzene rings is 1. The van der Waals surface area contributed by atoms with Crippen molar-refractivity contribution in [1.82, 2.24) is 10.2 Å². The van der Waals surface area contributed by atoms with Crippen LogP contribution in [0, 0.1) is 17.8 Å². The first kappa shape index (κ1) is 20.1. The van der Waals surface area contributed by atoms with E-state index in [-0.39, 0.29) is 29.8 Å². The molecule has 29 heavy (non-hydrogen) atoms. The minimum atomic E-state index is -1.17. The number of carbonyl (C=O) groups excluding carboxylic acids is 3. The van der Waals surface area contributed by atoms with Crippen molar-refractivity contribution in [3.8, 4) is 0 Å². The first-order valence-electron chi connectivity index (χ1n) is 10.9. The van der Waals surface area contributed by atoms with Crippen LogP contribution < -0.4 is 10.6 Å². The molecule has 2 fully saturated rings. The minimum Gasteiger partial charge on any atom is -0.324 e. The van der Waals surface area contributed by atoms with Gasteiger partial charge in [-0.15, -0.1) is 0 Å². The van der Waals surface area contributed by atoms with Gasteiger partial charge in [-0.3, -0.25) is 24.6 Å².